The molecular weight excluding hydrogens is 329 g/mol. The first kappa shape index (κ1) is 16.6. The molecule has 3 aromatic rings. The minimum atomic E-state index is -0.152. The van der Waals surface area contributed by atoms with Gasteiger partial charge in [0, 0.05) is 24.5 Å². The van der Waals surface area contributed by atoms with Crippen LogP contribution in [0.15, 0.2) is 40.9 Å². The zero-order valence-corrected chi connectivity index (χ0v) is 15.3. The number of hydrogen-bond donors (Lipinski definition) is 1. The smallest absolute Gasteiger partial charge is 0.299 e. The molecule has 134 valence electrons. The van der Waals surface area contributed by atoms with E-state index in [2.05, 4.69) is 41.2 Å². The molecular formula is C21H22FN3O. The zero-order chi connectivity index (χ0) is 18.3. The van der Waals surface area contributed by atoms with Gasteiger partial charge in [0.15, 0.2) is 0 Å². The summed E-state index contributed by atoms with van der Waals surface area (Å²) in [5.74, 6) is 0.629. The van der Waals surface area contributed by atoms with E-state index in [1.54, 1.807) is 18.3 Å². The Labute approximate surface area is 152 Å². The average molecular weight is 351 g/mol. The number of fused-ring (bicyclic) bond motifs is 1. The molecule has 0 radical (unpaired) electrons. The number of hydrogen-bond acceptors (Lipinski definition) is 4. The van der Waals surface area contributed by atoms with Gasteiger partial charge < -0.3 is 14.6 Å². The molecule has 0 saturated heterocycles. The summed E-state index contributed by atoms with van der Waals surface area (Å²) in [6.45, 7) is 7.74. The quantitative estimate of drug-likeness (QED) is 0.717. The van der Waals surface area contributed by atoms with Crippen LogP contribution in [0.4, 0.5) is 21.8 Å². The van der Waals surface area contributed by atoms with Crippen LogP contribution in [0.25, 0.3) is 0 Å². The van der Waals surface area contributed by atoms with Gasteiger partial charge in [0.2, 0.25) is 0 Å². The molecule has 1 aromatic heterocycles. The van der Waals surface area contributed by atoms with Crippen LogP contribution in [0, 0.1) is 26.6 Å². The molecule has 0 saturated carbocycles. The van der Waals surface area contributed by atoms with Crippen LogP contribution in [0.1, 0.15) is 28.0 Å². The Bertz CT molecular complexity index is 941. The highest BCUT2D eigenvalue weighted by Crippen LogP contribution is 2.32. The summed E-state index contributed by atoms with van der Waals surface area (Å²) in [5, 5.41) is 3.28. The molecule has 0 amide bonds. The highest BCUT2D eigenvalue weighted by atomic mass is 19.1. The van der Waals surface area contributed by atoms with Crippen molar-refractivity contribution in [1.29, 1.82) is 0 Å². The van der Waals surface area contributed by atoms with E-state index >= 15 is 0 Å². The molecule has 1 aliphatic heterocycles. The van der Waals surface area contributed by atoms with Crippen LogP contribution in [-0.2, 0) is 13.0 Å². The lowest BCUT2D eigenvalue weighted by Gasteiger charge is -2.31. The third-order valence-corrected chi connectivity index (χ3v) is 4.92. The fourth-order valence-corrected chi connectivity index (χ4v) is 3.58. The predicted octanol–water partition coefficient (Wildman–Crippen LogP) is 5.05. The van der Waals surface area contributed by atoms with Crippen molar-refractivity contribution in [1.82, 2.24) is 4.98 Å². The first-order chi connectivity index (χ1) is 12.5. The topological polar surface area (TPSA) is 41.3 Å². The highest BCUT2D eigenvalue weighted by molar-refractivity contribution is 5.68. The predicted molar refractivity (Wildman–Crippen MR) is 102 cm³/mol. The van der Waals surface area contributed by atoms with Gasteiger partial charge in [0.25, 0.3) is 6.01 Å². The molecule has 5 heteroatoms. The maximum Gasteiger partial charge on any atom is 0.299 e. The number of anilines is 3. The summed E-state index contributed by atoms with van der Waals surface area (Å²) in [4.78, 5) is 6.57. The fourth-order valence-electron chi connectivity index (χ4n) is 3.58. The van der Waals surface area contributed by atoms with Gasteiger partial charge in [-0.2, -0.15) is 0 Å². The lowest BCUT2D eigenvalue weighted by molar-refractivity contribution is 0.545. The van der Waals surface area contributed by atoms with Gasteiger partial charge in [-0.15, -0.1) is 0 Å². The van der Waals surface area contributed by atoms with E-state index in [0.29, 0.717) is 6.01 Å². The number of aromatic nitrogens is 1. The standard InChI is InChI=1S/C21H22FN3O/c1-13-8-19(9-14(2)20(13)24-21-23-11-15(3)26-21)25-7-6-16-10-18(22)5-4-17(16)12-25/h4-5,8-11H,6-7,12H2,1-3H3,(H,23,24). The monoisotopic (exact) mass is 351 g/mol. The Morgan fingerprint density at radius 1 is 1.08 bits per heavy atom. The number of rotatable bonds is 3. The van der Waals surface area contributed by atoms with Crippen molar-refractivity contribution in [2.24, 2.45) is 0 Å². The molecule has 4 nitrogen and oxygen atoms in total. The maximum atomic E-state index is 13.4. The molecule has 2 heterocycles. The van der Waals surface area contributed by atoms with Crippen molar-refractivity contribution < 1.29 is 8.81 Å². The summed E-state index contributed by atoms with van der Waals surface area (Å²) in [6.07, 6.45) is 2.57. The third kappa shape index (κ3) is 3.17. The highest BCUT2D eigenvalue weighted by Gasteiger charge is 2.18. The summed E-state index contributed by atoms with van der Waals surface area (Å²) in [7, 11) is 0. The number of benzene rings is 2. The molecule has 0 fully saturated rings. The molecule has 0 unspecified atom stereocenters. The second-order valence-corrected chi connectivity index (χ2v) is 6.94. The Kier molecular flexibility index (Phi) is 4.15. The van der Waals surface area contributed by atoms with E-state index < -0.39 is 0 Å². The molecule has 0 aliphatic carbocycles. The zero-order valence-electron chi connectivity index (χ0n) is 15.3. The van der Waals surface area contributed by atoms with Crippen molar-refractivity contribution in [2.45, 2.75) is 33.7 Å². The van der Waals surface area contributed by atoms with Crippen LogP contribution >= 0.6 is 0 Å². The second-order valence-electron chi connectivity index (χ2n) is 6.94. The van der Waals surface area contributed by atoms with Crippen LogP contribution < -0.4 is 10.2 Å². The minimum Gasteiger partial charge on any atom is -0.429 e. The number of nitrogens with one attached hydrogen (secondary N) is 1. The van der Waals surface area contributed by atoms with Crippen LogP contribution in [0.5, 0.6) is 0 Å². The number of oxazole rings is 1. The fraction of sp³-hybridized carbons (Fsp3) is 0.286. The Morgan fingerprint density at radius 2 is 1.85 bits per heavy atom. The summed E-state index contributed by atoms with van der Waals surface area (Å²) in [6, 6.07) is 9.98. The van der Waals surface area contributed by atoms with Gasteiger partial charge in [0.05, 0.1) is 6.20 Å². The molecule has 0 bridgehead atoms. The van der Waals surface area contributed by atoms with Crippen LogP contribution in [-0.4, -0.2) is 11.5 Å². The van der Waals surface area contributed by atoms with Gasteiger partial charge in [0.1, 0.15) is 11.6 Å². The van der Waals surface area contributed by atoms with E-state index in [1.807, 2.05) is 13.0 Å². The minimum absolute atomic E-state index is 0.152. The lowest BCUT2D eigenvalue weighted by Crippen LogP contribution is -2.30. The SMILES string of the molecule is Cc1cnc(Nc2c(C)cc(N3CCc4cc(F)ccc4C3)cc2C)o1. The molecule has 26 heavy (non-hydrogen) atoms. The Balaban J connectivity index is 1.59. The van der Waals surface area contributed by atoms with Crippen molar-refractivity contribution in [3.8, 4) is 0 Å². The summed E-state index contributed by atoms with van der Waals surface area (Å²) >= 11 is 0. The number of aryl methyl sites for hydroxylation is 3. The van der Waals surface area contributed by atoms with E-state index in [-0.39, 0.29) is 5.82 Å². The molecule has 0 atom stereocenters. The largest absolute Gasteiger partial charge is 0.429 e. The molecule has 4 rings (SSSR count). The summed E-state index contributed by atoms with van der Waals surface area (Å²) in [5.41, 5.74) is 6.80. The molecule has 1 aliphatic rings. The van der Waals surface area contributed by atoms with Crippen molar-refractivity contribution in [3.05, 3.63) is 70.4 Å². The van der Waals surface area contributed by atoms with Gasteiger partial charge >= 0.3 is 0 Å². The summed E-state index contributed by atoms with van der Waals surface area (Å²) < 4.78 is 18.9. The van der Waals surface area contributed by atoms with E-state index in [0.717, 1.165) is 47.6 Å². The first-order valence-electron chi connectivity index (χ1n) is 8.82. The van der Waals surface area contributed by atoms with E-state index in [9.17, 15) is 4.39 Å². The molecule has 0 spiro atoms. The van der Waals surface area contributed by atoms with Gasteiger partial charge in [-0.1, -0.05) is 6.07 Å². The Hall–Kier alpha value is -2.82. The molecule has 2 aromatic carbocycles. The van der Waals surface area contributed by atoms with Crippen LogP contribution in [0.2, 0.25) is 0 Å². The third-order valence-electron chi connectivity index (χ3n) is 4.92. The lowest BCUT2D eigenvalue weighted by atomic mass is 9.98. The van der Waals surface area contributed by atoms with Gasteiger partial charge in [-0.05, 0) is 73.7 Å². The van der Waals surface area contributed by atoms with Crippen molar-refractivity contribution in [2.75, 3.05) is 16.8 Å². The second kappa shape index (κ2) is 6.48. The Morgan fingerprint density at radius 3 is 2.54 bits per heavy atom. The van der Waals surface area contributed by atoms with Crippen molar-refractivity contribution >= 4 is 17.4 Å². The normalized spacial score (nSPS) is 13.6. The van der Waals surface area contributed by atoms with Gasteiger partial charge in [-0.3, -0.25) is 0 Å². The van der Waals surface area contributed by atoms with E-state index in [4.69, 9.17) is 4.42 Å². The van der Waals surface area contributed by atoms with Crippen molar-refractivity contribution in [3.63, 3.8) is 0 Å². The molecule has 1 N–H and O–H groups in total. The number of nitrogens with zero attached hydrogens (tertiary/aromatic N) is 2. The number of halogens is 1. The average Bonchev–Trinajstić information content (AvgIpc) is 3.02. The first-order valence-corrected chi connectivity index (χ1v) is 8.82. The van der Waals surface area contributed by atoms with E-state index in [1.165, 1.54) is 11.3 Å². The van der Waals surface area contributed by atoms with Gasteiger partial charge in [-0.25, -0.2) is 9.37 Å². The van der Waals surface area contributed by atoms with Crippen LogP contribution in [0.3, 0.4) is 0 Å². The maximum absolute atomic E-state index is 13.4.